The fraction of sp³-hybridized carbons (Fsp3) is 0.364. The largest absolute Gasteiger partial charge is 0.354 e. The van der Waals surface area contributed by atoms with Crippen LogP contribution in [0.4, 0.5) is 0 Å². The quantitative estimate of drug-likeness (QED) is 0.780. The van der Waals surface area contributed by atoms with Crippen LogP contribution in [0.25, 0.3) is 10.2 Å². The van der Waals surface area contributed by atoms with Crippen molar-refractivity contribution in [2.45, 2.75) is 18.9 Å². The molecule has 0 bridgehead atoms. The van der Waals surface area contributed by atoms with Gasteiger partial charge in [0.25, 0.3) is 5.56 Å². The Morgan fingerprint density at radius 3 is 3.06 bits per heavy atom. The summed E-state index contributed by atoms with van der Waals surface area (Å²) in [6.45, 7) is 0.668. The third-order valence-electron chi connectivity index (χ3n) is 3.12. The van der Waals surface area contributed by atoms with Gasteiger partial charge in [-0.2, -0.15) is 0 Å². The molecular weight excluding hydrogens is 270 g/mol. The van der Waals surface area contributed by atoms with E-state index in [0.29, 0.717) is 23.1 Å². The molecule has 0 spiro atoms. The van der Waals surface area contributed by atoms with Crippen LogP contribution < -0.4 is 10.9 Å². The molecule has 0 aliphatic carbocycles. The number of fused-ring (bicyclic) bond motifs is 1. The summed E-state index contributed by atoms with van der Waals surface area (Å²) in [6.07, 6.45) is 1.51. The predicted molar refractivity (Wildman–Crippen MR) is 72.6 cm³/mol. The Morgan fingerprint density at radius 1 is 1.44 bits per heavy atom. The van der Waals surface area contributed by atoms with Gasteiger partial charge in [-0.1, -0.05) is 0 Å². The third-order valence-corrected chi connectivity index (χ3v) is 4.25. The van der Waals surface area contributed by atoms with Crippen LogP contribution in [-0.2, 0) is 4.79 Å². The maximum absolute atomic E-state index is 12.4. The number of carbonyl (C=O) groups excluding carboxylic acids is 1. The Hall–Kier alpha value is -1.47. The number of rotatable bonds is 1. The van der Waals surface area contributed by atoms with E-state index in [1.807, 2.05) is 5.38 Å². The van der Waals surface area contributed by atoms with Crippen molar-refractivity contribution in [3.63, 3.8) is 0 Å². The van der Waals surface area contributed by atoms with E-state index >= 15 is 0 Å². The van der Waals surface area contributed by atoms with Crippen molar-refractivity contribution in [3.8, 4) is 0 Å². The molecule has 3 heterocycles. The molecule has 5 nitrogen and oxygen atoms in total. The second kappa shape index (κ2) is 4.33. The monoisotopic (exact) mass is 281 g/mol. The Kier molecular flexibility index (Phi) is 2.79. The molecule has 2 aromatic heterocycles. The van der Waals surface area contributed by atoms with Crippen molar-refractivity contribution in [3.05, 3.63) is 26.6 Å². The second-order valence-corrected chi connectivity index (χ2v) is 5.52. The molecule has 1 atom stereocenters. The zero-order valence-corrected chi connectivity index (χ0v) is 11.1. The molecule has 0 saturated carbocycles. The normalized spacial score (nSPS) is 20.0. The first-order chi connectivity index (χ1) is 8.68. The summed E-state index contributed by atoms with van der Waals surface area (Å²) >= 11 is 6.64. The highest BCUT2D eigenvalue weighted by atomic mass is 32.1. The third kappa shape index (κ3) is 1.70. The predicted octanol–water partition coefficient (Wildman–Crippen LogP) is 1.57. The van der Waals surface area contributed by atoms with Gasteiger partial charge in [-0.25, -0.2) is 0 Å². The van der Waals surface area contributed by atoms with Crippen LogP contribution in [0.3, 0.4) is 0 Å². The van der Waals surface area contributed by atoms with E-state index in [0.717, 1.165) is 11.3 Å². The number of piperidine rings is 1. The topological polar surface area (TPSA) is 66.9 Å². The molecule has 3 rings (SSSR count). The standard InChI is InChI=1S/C11H11N3O2S2/c15-8-7(2-1-4-12-8)14-10(16)6-3-5-18-9(6)13-11(14)17/h3,5,7H,1-2,4H2,(H,12,15)(H,13,17). The van der Waals surface area contributed by atoms with E-state index in [4.69, 9.17) is 12.2 Å². The number of hydrogen-bond acceptors (Lipinski definition) is 4. The lowest BCUT2D eigenvalue weighted by Gasteiger charge is -2.23. The first-order valence-electron chi connectivity index (χ1n) is 5.68. The minimum absolute atomic E-state index is 0.127. The highest BCUT2D eigenvalue weighted by molar-refractivity contribution is 7.71. The van der Waals surface area contributed by atoms with Gasteiger partial charge in [-0.3, -0.25) is 14.2 Å². The van der Waals surface area contributed by atoms with E-state index in [1.165, 1.54) is 15.9 Å². The Bertz CT molecular complexity index is 728. The molecule has 7 heteroatoms. The maximum atomic E-state index is 12.4. The molecule has 1 unspecified atom stereocenters. The smallest absolute Gasteiger partial charge is 0.263 e. The number of amides is 1. The number of nitrogens with zero attached hydrogens (tertiary/aromatic N) is 1. The Morgan fingerprint density at radius 2 is 2.28 bits per heavy atom. The van der Waals surface area contributed by atoms with Crippen molar-refractivity contribution in [1.29, 1.82) is 0 Å². The Labute approximate surface area is 111 Å². The van der Waals surface area contributed by atoms with Crippen molar-refractivity contribution < 1.29 is 4.79 Å². The van der Waals surface area contributed by atoms with Crippen LogP contribution in [0.1, 0.15) is 18.9 Å². The maximum Gasteiger partial charge on any atom is 0.263 e. The van der Waals surface area contributed by atoms with Crippen molar-refractivity contribution in [2.24, 2.45) is 0 Å². The molecule has 1 amide bonds. The highest BCUT2D eigenvalue weighted by Gasteiger charge is 2.26. The molecule has 0 aromatic carbocycles. The summed E-state index contributed by atoms with van der Waals surface area (Å²) in [7, 11) is 0. The summed E-state index contributed by atoms with van der Waals surface area (Å²) in [5, 5.41) is 5.20. The van der Waals surface area contributed by atoms with Gasteiger partial charge < -0.3 is 10.3 Å². The van der Waals surface area contributed by atoms with E-state index in [2.05, 4.69) is 10.3 Å². The van der Waals surface area contributed by atoms with Gasteiger partial charge in [0.15, 0.2) is 4.77 Å². The fourth-order valence-corrected chi connectivity index (χ4v) is 3.39. The lowest BCUT2D eigenvalue weighted by atomic mass is 10.1. The molecule has 1 saturated heterocycles. The van der Waals surface area contributed by atoms with Gasteiger partial charge in [-0.05, 0) is 36.5 Å². The van der Waals surface area contributed by atoms with Crippen LogP contribution in [0.15, 0.2) is 16.2 Å². The summed E-state index contributed by atoms with van der Waals surface area (Å²) in [6, 6.07) is 1.27. The van der Waals surface area contributed by atoms with Gasteiger partial charge in [0.2, 0.25) is 5.91 Å². The molecule has 94 valence electrons. The first kappa shape index (κ1) is 11.6. The lowest BCUT2D eigenvalue weighted by Crippen LogP contribution is -2.41. The Balaban J connectivity index is 2.25. The minimum Gasteiger partial charge on any atom is -0.354 e. The van der Waals surface area contributed by atoms with Crippen LogP contribution >= 0.6 is 23.6 Å². The number of hydrogen-bond donors (Lipinski definition) is 2. The van der Waals surface area contributed by atoms with Gasteiger partial charge in [-0.15, -0.1) is 11.3 Å². The van der Waals surface area contributed by atoms with Crippen LogP contribution in [-0.4, -0.2) is 22.0 Å². The van der Waals surface area contributed by atoms with Crippen LogP contribution in [0, 0.1) is 4.77 Å². The van der Waals surface area contributed by atoms with E-state index in [1.54, 1.807) is 6.07 Å². The van der Waals surface area contributed by atoms with Crippen molar-refractivity contribution in [2.75, 3.05) is 6.54 Å². The lowest BCUT2D eigenvalue weighted by molar-refractivity contribution is -0.125. The van der Waals surface area contributed by atoms with Crippen molar-refractivity contribution in [1.82, 2.24) is 14.9 Å². The highest BCUT2D eigenvalue weighted by Crippen LogP contribution is 2.19. The number of aromatic nitrogens is 2. The number of aromatic amines is 1. The van der Waals surface area contributed by atoms with Gasteiger partial charge >= 0.3 is 0 Å². The number of H-pyrrole nitrogens is 1. The number of nitrogens with one attached hydrogen (secondary N) is 2. The molecule has 1 fully saturated rings. The summed E-state index contributed by atoms with van der Waals surface area (Å²) < 4.78 is 1.72. The summed E-state index contributed by atoms with van der Waals surface area (Å²) in [5.74, 6) is -0.127. The molecule has 1 aliphatic rings. The van der Waals surface area contributed by atoms with Crippen LogP contribution in [0.5, 0.6) is 0 Å². The zero-order valence-electron chi connectivity index (χ0n) is 9.43. The molecule has 18 heavy (non-hydrogen) atoms. The van der Waals surface area contributed by atoms with Gasteiger partial charge in [0, 0.05) is 6.54 Å². The van der Waals surface area contributed by atoms with Crippen LogP contribution in [0.2, 0.25) is 0 Å². The number of carbonyl (C=O) groups is 1. The fourth-order valence-electron chi connectivity index (χ4n) is 2.24. The van der Waals surface area contributed by atoms with E-state index < -0.39 is 6.04 Å². The zero-order chi connectivity index (χ0) is 12.7. The SMILES string of the molecule is O=C1NCCCC1n1c(=S)[nH]c2sccc2c1=O. The molecule has 0 radical (unpaired) electrons. The molecule has 2 N–H and O–H groups in total. The van der Waals surface area contributed by atoms with Gasteiger partial charge in [0.1, 0.15) is 10.9 Å². The molecule has 1 aliphatic heterocycles. The average Bonchev–Trinajstić information content (AvgIpc) is 2.79. The second-order valence-electron chi connectivity index (χ2n) is 4.22. The molecule has 2 aromatic rings. The average molecular weight is 281 g/mol. The van der Waals surface area contributed by atoms with Crippen molar-refractivity contribution >= 4 is 39.7 Å². The first-order valence-corrected chi connectivity index (χ1v) is 6.97. The number of thiophene rings is 1. The minimum atomic E-state index is -0.487. The van der Waals surface area contributed by atoms with E-state index in [-0.39, 0.29) is 11.5 Å². The summed E-state index contributed by atoms with van der Waals surface area (Å²) in [5.41, 5.74) is -0.183. The molecular formula is C11H11N3O2S2. The summed E-state index contributed by atoms with van der Waals surface area (Å²) in [4.78, 5) is 28.0. The van der Waals surface area contributed by atoms with E-state index in [9.17, 15) is 9.59 Å². The van der Waals surface area contributed by atoms with Gasteiger partial charge in [0.05, 0.1) is 5.39 Å².